The largest absolute Gasteiger partial charge is 0.508 e. The van der Waals surface area contributed by atoms with Crippen LogP contribution >= 0.6 is 12.2 Å². The summed E-state index contributed by atoms with van der Waals surface area (Å²) < 4.78 is 5.18. The number of phenols is 1. The number of aromatic hydroxyl groups is 1. The molecule has 0 fully saturated rings. The SMILES string of the molecule is Oc1ccc(C(=S)NCc2ccco2)cc1. The molecule has 0 bridgehead atoms. The maximum atomic E-state index is 9.14. The molecule has 1 heterocycles. The molecule has 0 saturated heterocycles. The lowest BCUT2D eigenvalue weighted by atomic mass is 10.2. The lowest BCUT2D eigenvalue weighted by Crippen LogP contribution is -2.21. The molecule has 2 N–H and O–H groups in total. The predicted octanol–water partition coefficient (Wildman–Crippen LogP) is 2.45. The molecule has 0 spiro atoms. The summed E-state index contributed by atoms with van der Waals surface area (Å²) in [5.41, 5.74) is 0.874. The summed E-state index contributed by atoms with van der Waals surface area (Å²) in [7, 11) is 0. The van der Waals surface area contributed by atoms with Gasteiger partial charge in [0.25, 0.3) is 0 Å². The zero-order valence-corrected chi connectivity index (χ0v) is 9.33. The van der Waals surface area contributed by atoms with E-state index in [1.54, 1.807) is 30.5 Å². The molecule has 16 heavy (non-hydrogen) atoms. The molecule has 82 valence electrons. The molecule has 0 aliphatic heterocycles. The second-order valence-corrected chi connectivity index (χ2v) is 3.72. The fourth-order valence-corrected chi connectivity index (χ4v) is 1.50. The maximum Gasteiger partial charge on any atom is 0.122 e. The van der Waals surface area contributed by atoms with E-state index in [-0.39, 0.29) is 5.75 Å². The van der Waals surface area contributed by atoms with Crippen LogP contribution in [-0.4, -0.2) is 10.1 Å². The zero-order valence-electron chi connectivity index (χ0n) is 8.51. The highest BCUT2D eigenvalue weighted by Gasteiger charge is 2.01. The second kappa shape index (κ2) is 4.81. The number of furan rings is 1. The summed E-state index contributed by atoms with van der Waals surface area (Å²) in [5.74, 6) is 1.07. The number of rotatable bonds is 3. The van der Waals surface area contributed by atoms with Gasteiger partial charge < -0.3 is 14.8 Å². The highest BCUT2D eigenvalue weighted by Crippen LogP contribution is 2.10. The van der Waals surface area contributed by atoms with E-state index in [1.807, 2.05) is 12.1 Å². The van der Waals surface area contributed by atoms with Crippen LogP contribution in [0.5, 0.6) is 5.75 Å². The van der Waals surface area contributed by atoms with Crippen LogP contribution in [0.25, 0.3) is 0 Å². The van der Waals surface area contributed by atoms with Crippen LogP contribution in [0.2, 0.25) is 0 Å². The summed E-state index contributed by atoms with van der Waals surface area (Å²) >= 11 is 5.20. The molecule has 1 aromatic heterocycles. The minimum absolute atomic E-state index is 0.234. The van der Waals surface area contributed by atoms with Crippen LogP contribution in [0.4, 0.5) is 0 Å². The fourth-order valence-electron chi connectivity index (χ4n) is 1.30. The van der Waals surface area contributed by atoms with Crippen molar-refractivity contribution in [2.45, 2.75) is 6.54 Å². The molecule has 0 radical (unpaired) electrons. The van der Waals surface area contributed by atoms with E-state index in [4.69, 9.17) is 21.7 Å². The van der Waals surface area contributed by atoms with Gasteiger partial charge in [0.1, 0.15) is 16.5 Å². The van der Waals surface area contributed by atoms with Gasteiger partial charge in [-0.05, 0) is 36.4 Å². The third-order valence-corrected chi connectivity index (χ3v) is 2.51. The van der Waals surface area contributed by atoms with Crippen molar-refractivity contribution >= 4 is 17.2 Å². The quantitative estimate of drug-likeness (QED) is 0.799. The maximum absolute atomic E-state index is 9.14. The molecule has 0 aliphatic carbocycles. The average Bonchev–Trinajstić information content (AvgIpc) is 2.80. The van der Waals surface area contributed by atoms with Gasteiger partial charge in [-0.3, -0.25) is 0 Å². The lowest BCUT2D eigenvalue weighted by Gasteiger charge is -2.06. The van der Waals surface area contributed by atoms with Gasteiger partial charge in [-0.15, -0.1) is 0 Å². The van der Waals surface area contributed by atoms with Crippen LogP contribution in [0.3, 0.4) is 0 Å². The number of thiocarbonyl (C=S) groups is 1. The van der Waals surface area contributed by atoms with E-state index >= 15 is 0 Å². The monoisotopic (exact) mass is 233 g/mol. The van der Waals surface area contributed by atoms with E-state index in [1.165, 1.54) is 0 Å². The first-order chi connectivity index (χ1) is 7.75. The summed E-state index contributed by atoms with van der Waals surface area (Å²) in [6.07, 6.45) is 1.63. The third-order valence-electron chi connectivity index (χ3n) is 2.13. The first-order valence-electron chi connectivity index (χ1n) is 4.85. The van der Waals surface area contributed by atoms with Gasteiger partial charge in [0.2, 0.25) is 0 Å². The van der Waals surface area contributed by atoms with Crippen molar-refractivity contribution in [2.75, 3.05) is 0 Å². The number of hydrogen-bond acceptors (Lipinski definition) is 3. The van der Waals surface area contributed by atoms with Crippen molar-refractivity contribution in [2.24, 2.45) is 0 Å². The third kappa shape index (κ3) is 2.61. The Bertz CT molecular complexity index is 462. The summed E-state index contributed by atoms with van der Waals surface area (Å²) in [4.78, 5) is 0.636. The molecule has 0 aliphatic rings. The molecule has 3 nitrogen and oxygen atoms in total. The Morgan fingerprint density at radius 1 is 1.25 bits per heavy atom. The van der Waals surface area contributed by atoms with Crippen molar-refractivity contribution in [1.82, 2.24) is 5.32 Å². The van der Waals surface area contributed by atoms with Crippen molar-refractivity contribution in [3.63, 3.8) is 0 Å². The standard InChI is InChI=1S/C12H11NO2S/c14-10-5-3-9(4-6-10)12(16)13-8-11-2-1-7-15-11/h1-7,14H,8H2,(H,13,16). The lowest BCUT2D eigenvalue weighted by molar-refractivity contribution is 0.475. The minimum Gasteiger partial charge on any atom is -0.508 e. The molecular weight excluding hydrogens is 222 g/mol. The predicted molar refractivity (Wildman–Crippen MR) is 65.4 cm³/mol. The number of phenolic OH excluding ortho intramolecular Hbond substituents is 1. The molecular formula is C12H11NO2S. The van der Waals surface area contributed by atoms with E-state index in [9.17, 15) is 0 Å². The van der Waals surface area contributed by atoms with Gasteiger partial charge in [-0.2, -0.15) is 0 Å². The average molecular weight is 233 g/mol. The Morgan fingerprint density at radius 3 is 2.62 bits per heavy atom. The molecule has 0 atom stereocenters. The van der Waals surface area contributed by atoms with Crippen molar-refractivity contribution in [3.05, 3.63) is 54.0 Å². The Kier molecular flexibility index (Phi) is 3.22. The van der Waals surface area contributed by atoms with E-state index in [2.05, 4.69) is 5.32 Å². The Balaban J connectivity index is 1.95. The van der Waals surface area contributed by atoms with Crippen molar-refractivity contribution in [1.29, 1.82) is 0 Å². The highest BCUT2D eigenvalue weighted by atomic mass is 32.1. The minimum atomic E-state index is 0.234. The van der Waals surface area contributed by atoms with Crippen LogP contribution in [0.1, 0.15) is 11.3 Å². The van der Waals surface area contributed by atoms with Gasteiger partial charge in [-0.25, -0.2) is 0 Å². The smallest absolute Gasteiger partial charge is 0.122 e. The fraction of sp³-hybridized carbons (Fsp3) is 0.0833. The van der Waals surface area contributed by atoms with E-state index in [0.717, 1.165) is 11.3 Å². The number of hydrogen-bond donors (Lipinski definition) is 2. The molecule has 2 aromatic rings. The Labute approximate surface area is 98.7 Å². The Morgan fingerprint density at radius 2 is 2.00 bits per heavy atom. The van der Waals surface area contributed by atoms with Crippen molar-refractivity contribution in [3.8, 4) is 5.75 Å². The number of benzene rings is 1. The topological polar surface area (TPSA) is 45.4 Å². The molecule has 1 aromatic carbocycles. The van der Waals surface area contributed by atoms with Crippen LogP contribution < -0.4 is 5.32 Å². The summed E-state index contributed by atoms with van der Waals surface area (Å²) in [5, 5.41) is 12.2. The molecule has 2 rings (SSSR count). The first kappa shape index (κ1) is 10.7. The van der Waals surface area contributed by atoms with Crippen LogP contribution in [0.15, 0.2) is 47.1 Å². The molecule has 0 unspecified atom stereocenters. The van der Waals surface area contributed by atoms with Gasteiger partial charge in [0, 0.05) is 5.56 Å². The first-order valence-corrected chi connectivity index (χ1v) is 5.26. The molecule has 4 heteroatoms. The highest BCUT2D eigenvalue weighted by molar-refractivity contribution is 7.80. The molecule has 0 saturated carbocycles. The summed E-state index contributed by atoms with van der Waals surface area (Å²) in [6, 6.07) is 10.5. The van der Waals surface area contributed by atoms with Crippen LogP contribution in [-0.2, 0) is 6.54 Å². The normalized spacial score (nSPS) is 10.0. The van der Waals surface area contributed by atoms with Gasteiger partial charge in [0.05, 0.1) is 12.8 Å². The summed E-state index contributed by atoms with van der Waals surface area (Å²) in [6.45, 7) is 0.562. The number of nitrogens with one attached hydrogen (secondary N) is 1. The second-order valence-electron chi connectivity index (χ2n) is 3.31. The van der Waals surface area contributed by atoms with Gasteiger partial charge in [0.15, 0.2) is 0 Å². The van der Waals surface area contributed by atoms with Gasteiger partial charge >= 0.3 is 0 Å². The Hall–Kier alpha value is -1.81. The zero-order chi connectivity index (χ0) is 11.4. The van der Waals surface area contributed by atoms with Gasteiger partial charge in [-0.1, -0.05) is 12.2 Å². The van der Waals surface area contributed by atoms with E-state index in [0.29, 0.717) is 11.5 Å². The molecule has 0 amide bonds. The van der Waals surface area contributed by atoms with Crippen LogP contribution in [0, 0.1) is 0 Å². The van der Waals surface area contributed by atoms with E-state index < -0.39 is 0 Å². The van der Waals surface area contributed by atoms with Crippen molar-refractivity contribution < 1.29 is 9.52 Å².